The van der Waals surface area contributed by atoms with E-state index in [1.165, 1.54) is 11.1 Å². The summed E-state index contributed by atoms with van der Waals surface area (Å²) in [5.41, 5.74) is 4.67. The van der Waals surface area contributed by atoms with Crippen molar-refractivity contribution in [2.24, 2.45) is 0 Å². The zero-order chi connectivity index (χ0) is 21.2. The average Bonchev–Trinajstić information content (AvgIpc) is 2.72. The highest BCUT2D eigenvalue weighted by Crippen LogP contribution is 2.19. The smallest absolute Gasteiger partial charge is 0.242 e. The van der Waals surface area contributed by atoms with E-state index in [4.69, 9.17) is 0 Å². The van der Waals surface area contributed by atoms with Crippen LogP contribution in [0.25, 0.3) is 0 Å². The van der Waals surface area contributed by atoms with Gasteiger partial charge in [-0.05, 0) is 49.4 Å². The monoisotopic (exact) mass is 412 g/mol. The van der Waals surface area contributed by atoms with Gasteiger partial charge in [0.1, 0.15) is 6.04 Å². The fourth-order valence-corrected chi connectivity index (χ4v) is 4.04. The van der Waals surface area contributed by atoms with Crippen molar-refractivity contribution in [3.8, 4) is 0 Å². The van der Waals surface area contributed by atoms with E-state index in [-0.39, 0.29) is 11.8 Å². The maximum Gasteiger partial charge on any atom is 0.242 e. The molecule has 2 rings (SSSR count). The van der Waals surface area contributed by atoms with Crippen LogP contribution in [0.5, 0.6) is 0 Å². The lowest BCUT2D eigenvalue weighted by atomic mass is 10.1. The molecule has 4 nitrogen and oxygen atoms in total. The number of carbonyl (C=O) groups excluding carboxylic acids is 2. The molecule has 0 radical (unpaired) electrons. The van der Waals surface area contributed by atoms with Crippen LogP contribution in [0.1, 0.15) is 42.5 Å². The summed E-state index contributed by atoms with van der Waals surface area (Å²) in [5, 5.41) is 2.92. The molecule has 0 saturated carbocycles. The van der Waals surface area contributed by atoms with E-state index in [1.54, 1.807) is 16.7 Å². The fraction of sp³-hybridized carbons (Fsp3) is 0.417. The van der Waals surface area contributed by atoms with Crippen molar-refractivity contribution < 1.29 is 9.59 Å². The third kappa shape index (κ3) is 6.93. The molecule has 5 heteroatoms. The van der Waals surface area contributed by atoms with Gasteiger partial charge in [0.25, 0.3) is 0 Å². The van der Waals surface area contributed by atoms with Crippen LogP contribution < -0.4 is 5.32 Å². The molecule has 2 aromatic rings. The Morgan fingerprint density at radius 3 is 2.17 bits per heavy atom. The van der Waals surface area contributed by atoms with Crippen LogP contribution in [0.15, 0.2) is 48.5 Å². The molecule has 1 atom stereocenters. The first-order valence-electron chi connectivity index (χ1n) is 10.2. The van der Waals surface area contributed by atoms with Crippen molar-refractivity contribution >= 4 is 23.6 Å². The minimum absolute atomic E-state index is 0.00835. The van der Waals surface area contributed by atoms with E-state index in [0.717, 1.165) is 23.3 Å². The summed E-state index contributed by atoms with van der Waals surface area (Å²) in [6.07, 6.45) is 0.872. The number of amides is 2. The first-order chi connectivity index (χ1) is 13.9. The topological polar surface area (TPSA) is 49.4 Å². The van der Waals surface area contributed by atoms with Gasteiger partial charge in [-0.2, -0.15) is 0 Å². The van der Waals surface area contributed by atoms with Crippen LogP contribution in [0.2, 0.25) is 0 Å². The standard InChI is InChI=1S/C24H32N2O2S/c1-5-14-25-24(28)20(4)26(15-21-12-8-6-10-18(21)2)23(27)17-29-16-22-13-9-7-11-19(22)3/h6-13,20H,5,14-17H2,1-4H3,(H,25,28). The second kappa shape index (κ2) is 11.7. The second-order valence-corrected chi connectivity index (χ2v) is 8.32. The lowest BCUT2D eigenvalue weighted by Gasteiger charge is -2.29. The largest absolute Gasteiger partial charge is 0.354 e. The van der Waals surface area contributed by atoms with Gasteiger partial charge in [0.05, 0.1) is 5.75 Å². The number of hydrogen-bond acceptors (Lipinski definition) is 3. The van der Waals surface area contributed by atoms with Crippen molar-refractivity contribution in [3.05, 3.63) is 70.8 Å². The van der Waals surface area contributed by atoms with Crippen LogP contribution in [-0.2, 0) is 21.9 Å². The predicted molar refractivity (Wildman–Crippen MR) is 122 cm³/mol. The minimum atomic E-state index is -0.507. The minimum Gasteiger partial charge on any atom is -0.354 e. The van der Waals surface area contributed by atoms with Gasteiger partial charge in [-0.15, -0.1) is 11.8 Å². The highest BCUT2D eigenvalue weighted by molar-refractivity contribution is 7.99. The Hall–Kier alpha value is -2.27. The van der Waals surface area contributed by atoms with Crippen molar-refractivity contribution in [2.75, 3.05) is 12.3 Å². The number of hydrogen-bond donors (Lipinski definition) is 1. The Morgan fingerprint density at radius 1 is 1.00 bits per heavy atom. The average molecular weight is 413 g/mol. The number of aryl methyl sites for hydroxylation is 2. The van der Waals surface area contributed by atoms with Crippen LogP contribution in [-0.4, -0.2) is 35.1 Å². The van der Waals surface area contributed by atoms with E-state index in [9.17, 15) is 9.59 Å². The molecular weight excluding hydrogens is 380 g/mol. The molecule has 0 spiro atoms. The van der Waals surface area contributed by atoms with Crippen molar-refractivity contribution in [1.82, 2.24) is 10.2 Å². The molecule has 0 aliphatic heterocycles. The molecule has 156 valence electrons. The Bertz CT molecular complexity index is 822. The number of nitrogens with zero attached hydrogens (tertiary/aromatic N) is 1. The van der Waals surface area contributed by atoms with E-state index in [0.29, 0.717) is 18.8 Å². The maximum atomic E-state index is 13.1. The molecule has 1 unspecified atom stereocenters. The van der Waals surface area contributed by atoms with Gasteiger partial charge in [-0.3, -0.25) is 9.59 Å². The van der Waals surface area contributed by atoms with E-state index >= 15 is 0 Å². The second-order valence-electron chi connectivity index (χ2n) is 7.33. The summed E-state index contributed by atoms with van der Waals surface area (Å²) in [5.74, 6) is 1.03. The summed E-state index contributed by atoms with van der Waals surface area (Å²) in [7, 11) is 0. The van der Waals surface area contributed by atoms with Crippen LogP contribution in [0.4, 0.5) is 0 Å². The Morgan fingerprint density at radius 2 is 1.59 bits per heavy atom. The maximum absolute atomic E-state index is 13.1. The fourth-order valence-electron chi connectivity index (χ4n) is 3.05. The third-order valence-electron chi connectivity index (χ3n) is 5.06. The molecule has 1 N–H and O–H groups in total. The van der Waals surface area contributed by atoms with Gasteiger partial charge in [-0.1, -0.05) is 55.5 Å². The molecule has 0 bridgehead atoms. The van der Waals surface area contributed by atoms with Crippen LogP contribution in [0.3, 0.4) is 0 Å². The molecule has 0 fully saturated rings. The molecule has 2 aromatic carbocycles. The zero-order valence-corrected chi connectivity index (χ0v) is 18.7. The Kier molecular flexibility index (Phi) is 9.26. The first kappa shape index (κ1) is 23.0. The van der Waals surface area contributed by atoms with Crippen molar-refractivity contribution in [2.45, 2.75) is 52.5 Å². The molecule has 29 heavy (non-hydrogen) atoms. The predicted octanol–water partition coefficient (Wildman–Crippen LogP) is 4.48. The number of carbonyl (C=O) groups is 2. The van der Waals surface area contributed by atoms with Crippen molar-refractivity contribution in [3.63, 3.8) is 0 Å². The number of benzene rings is 2. The third-order valence-corrected chi connectivity index (χ3v) is 6.03. The summed E-state index contributed by atoms with van der Waals surface area (Å²) in [6, 6.07) is 15.7. The molecule has 2 amide bonds. The van der Waals surface area contributed by atoms with E-state index in [2.05, 4.69) is 24.4 Å². The van der Waals surface area contributed by atoms with Gasteiger partial charge in [-0.25, -0.2) is 0 Å². The summed E-state index contributed by atoms with van der Waals surface area (Å²) in [4.78, 5) is 27.3. The Labute approximate surface area is 179 Å². The number of thioether (sulfide) groups is 1. The quantitative estimate of drug-likeness (QED) is 0.626. The Balaban J connectivity index is 2.08. The van der Waals surface area contributed by atoms with Crippen LogP contribution in [0, 0.1) is 13.8 Å². The number of nitrogens with one attached hydrogen (secondary N) is 1. The van der Waals surface area contributed by atoms with Gasteiger partial charge in [0.2, 0.25) is 11.8 Å². The lowest BCUT2D eigenvalue weighted by molar-refractivity contribution is -0.138. The molecule has 0 aromatic heterocycles. The molecule has 0 heterocycles. The van der Waals surface area contributed by atoms with Gasteiger partial charge < -0.3 is 10.2 Å². The number of rotatable bonds is 10. The van der Waals surface area contributed by atoms with E-state index < -0.39 is 6.04 Å². The van der Waals surface area contributed by atoms with E-state index in [1.807, 2.05) is 57.2 Å². The lowest BCUT2D eigenvalue weighted by Crippen LogP contribution is -2.48. The summed E-state index contributed by atoms with van der Waals surface area (Å²) in [6.45, 7) is 9.01. The summed E-state index contributed by atoms with van der Waals surface area (Å²) < 4.78 is 0. The molecule has 0 aliphatic rings. The van der Waals surface area contributed by atoms with Gasteiger partial charge >= 0.3 is 0 Å². The molecular formula is C24H32N2O2S. The van der Waals surface area contributed by atoms with Gasteiger partial charge in [0.15, 0.2) is 0 Å². The first-order valence-corrected chi connectivity index (χ1v) is 11.3. The van der Waals surface area contributed by atoms with Gasteiger partial charge in [0, 0.05) is 18.8 Å². The zero-order valence-electron chi connectivity index (χ0n) is 17.9. The SMILES string of the molecule is CCCNC(=O)C(C)N(Cc1ccccc1C)C(=O)CSCc1ccccc1C. The molecule has 0 saturated heterocycles. The van der Waals surface area contributed by atoms with Crippen molar-refractivity contribution in [1.29, 1.82) is 0 Å². The highest BCUT2D eigenvalue weighted by Gasteiger charge is 2.26. The van der Waals surface area contributed by atoms with Crippen LogP contribution >= 0.6 is 11.8 Å². The highest BCUT2D eigenvalue weighted by atomic mass is 32.2. The summed E-state index contributed by atoms with van der Waals surface area (Å²) >= 11 is 1.60. The normalized spacial score (nSPS) is 11.7. The molecule has 0 aliphatic carbocycles.